The molecule has 3 fully saturated rings. The van der Waals surface area contributed by atoms with Crippen LogP contribution in [-0.4, -0.2) is 64.7 Å². The minimum absolute atomic E-state index is 0.338. The van der Waals surface area contributed by atoms with Crippen LogP contribution in [0.25, 0.3) is 44.3 Å². The minimum Gasteiger partial charge on any atom is -0.482 e. The second kappa shape index (κ2) is 15.5. The fraction of sp³-hybridized carbons (Fsp3) is 0.462. The smallest absolute Gasteiger partial charge is 0.482 e. The summed E-state index contributed by atoms with van der Waals surface area (Å²) >= 11 is 3.55. The lowest BCUT2D eigenvalue weighted by Crippen LogP contribution is -2.41. The Balaban J connectivity index is 0.000000129. The molecule has 0 aliphatic carbocycles. The summed E-state index contributed by atoms with van der Waals surface area (Å²) in [5, 5.41) is 2.44. The lowest BCUT2D eigenvalue weighted by molar-refractivity contribution is 0.00578. The third kappa shape index (κ3) is 7.86. The molecule has 2 aromatic heterocycles. The first kappa shape index (κ1) is 47.1. The maximum Gasteiger partial charge on any atom is 0.494 e. The van der Waals surface area contributed by atoms with Crippen LogP contribution in [0.3, 0.4) is 0 Å². The van der Waals surface area contributed by atoms with Crippen LogP contribution in [-0.2, 0) is 39.1 Å². The van der Waals surface area contributed by atoms with E-state index in [2.05, 4.69) is 142 Å². The molecule has 7 heterocycles. The monoisotopic (exact) mass is 956 g/mol. The number of aromatic amines is 2. The van der Waals surface area contributed by atoms with Crippen molar-refractivity contribution in [1.29, 1.82) is 0 Å². The Morgan fingerprint density at radius 3 is 1.21 bits per heavy atom. The van der Waals surface area contributed by atoms with Gasteiger partial charge in [-0.1, -0.05) is 58.4 Å². The first-order valence-corrected chi connectivity index (χ1v) is 23.9. The van der Waals surface area contributed by atoms with Gasteiger partial charge in [0.1, 0.15) is 22.7 Å². The van der Waals surface area contributed by atoms with E-state index >= 15 is 0 Å². The fourth-order valence-electron chi connectivity index (χ4n) is 9.33. The fourth-order valence-corrected chi connectivity index (χ4v) is 9.70. The third-order valence-electron chi connectivity index (χ3n) is 15.1. The van der Waals surface area contributed by atoms with Crippen molar-refractivity contribution in [2.45, 2.75) is 156 Å². The number of hydrogen-bond donors (Lipinski definition) is 2. The van der Waals surface area contributed by atoms with Gasteiger partial charge in [-0.2, -0.15) is 0 Å². The van der Waals surface area contributed by atoms with E-state index in [9.17, 15) is 0 Å². The summed E-state index contributed by atoms with van der Waals surface area (Å²) in [6, 6.07) is 29.2. The summed E-state index contributed by atoms with van der Waals surface area (Å²) in [5.74, 6) is 1.81. The number of para-hydroxylation sites is 2. The molecule has 5 aliphatic heterocycles. The van der Waals surface area contributed by atoms with E-state index < -0.39 is 26.7 Å². The van der Waals surface area contributed by atoms with E-state index in [0.29, 0.717) is 0 Å². The van der Waals surface area contributed by atoms with Crippen LogP contribution in [0.15, 0.2) is 89.4 Å². The summed E-state index contributed by atoms with van der Waals surface area (Å²) in [6.45, 7) is 33.0. The maximum absolute atomic E-state index is 6.41. The molecule has 0 saturated carbocycles. The summed E-state index contributed by atoms with van der Waals surface area (Å²) in [6.07, 6.45) is 0. The van der Waals surface area contributed by atoms with Crippen molar-refractivity contribution in [1.82, 2.24) is 9.97 Å². The zero-order chi connectivity index (χ0) is 47.8. The molecule has 346 valence electrons. The van der Waals surface area contributed by atoms with Gasteiger partial charge in [0.15, 0.2) is 0 Å². The van der Waals surface area contributed by atoms with Gasteiger partial charge in [0, 0.05) is 48.5 Å². The number of rotatable bonds is 2. The molecule has 0 amide bonds. The SMILES string of the molecule is CC1(C)OB(B2OC(C)(C)C(C)(C)O2)OC1(C)C.CC1(C)Oc2ccc(B3OC(C)(C)C(C)(C)O3)cc2-c2[nH]c3ccccc3c21.CC1(C)Oc2ccc(Br)cc2-c2[nH]c3ccccc3c21. The van der Waals surface area contributed by atoms with Crippen LogP contribution in [0.1, 0.15) is 122 Å². The van der Waals surface area contributed by atoms with Crippen molar-refractivity contribution in [3.05, 3.63) is 101 Å². The Bertz CT molecular complexity index is 2780. The number of halogens is 1. The summed E-state index contributed by atoms with van der Waals surface area (Å²) in [4.78, 5) is 7.17. The Morgan fingerprint density at radius 2 is 0.788 bits per heavy atom. The number of benzene rings is 4. The lowest BCUT2D eigenvalue weighted by Gasteiger charge is -2.33. The molecular formula is C52H64B3BrN2O8. The zero-order valence-electron chi connectivity index (χ0n) is 41.5. The van der Waals surface area contributed by atoms with E-state index in [1.54, 1.807) is 0 Å². The van der Waals surface area contributed by atoms with Crippen molar-refractivity contribution < 1.29 is 37.4 Å². The van der Waals surface area contributed by atoms with Crippen LogP contribution in [0, 0.1) is 0 Å². The molecule has 14 heteroatoms. The summed E-state index contributed by atoms with van der Waals surface area (Å²) < 4.78 is 50.1. The highest BCUT2D eigenvalue weighted by Crippen LogP contribution is 2.50. The quantitative estimate of drug-likeness (QED) is 0.165. The van der Waals surface area contributed by atoms with Crippen LogP contribution >= 0.6 is 15.9 Å². The van der Waals surface area contributed by atoms with Crippen LogP contribution in [0.4, 0.5) is 0 Å². The molecule has 66 heavy (non-hydrogen) atoms. The molecule has 4 aromatic carbocycles. The number of nitrogens with one attached hydrogen (secondary N) is 2. The summed E-state index contributed by atoms with van der Waals surface area (Å²) in [5.41, 5.74) is 7.25. The average molecular weight is 957 g/mol. The maximum atomic E-state index is 6.41. The number of ether oxygens (including phenoxy) is 2. The molecule has 10 nitrogen and oxygen atoms in total. The second-order valence-corrected chi connectivity index (χ2v) is 23.2. The van der Waals surface area contributed by atoms with Gasteiger partial charge in [-0.15, -0.1) is 0 Å². The molecule has 0 unspecified atom stereocenters. The van der Waals surface area contributed by atoms with Gasteiger partial charge in [0.2, 0.25) is 0 Å². The molecule has 6 aromatic rings. The number of H-pyrrole nitrogens is 2. The number of fused-ring (bicyclic) bond motifs is 10. The highest BCUT2D eigenvalue weighted by Gasteiger charge is 2.64. The van der Waals surface area contributed by atoms with Crippen molar-refractivity contribution in [3.63, 3.8) is 0 Å². The Morgan fingerprint density at radius 1 is 0.424 bits per heavy atom. The van der Waals surface area contributed by atoms with E-state index in [1.165, 1.54) is 27.6 Å². The zero-order valence-corrected chi connectivity index (χ0v) is 43.0. The highest BCUT2D eigenvalue weighted by atomic mass is 79.9. The molecule has 2 N–H and O–H groups in total. The van der Waals surface area contributed by atoms with E-state index in [0.717, 1.165) is 49.3 Å². The highest BCUT2D eigenvalue weighted by molar-refractivity contribution is 9.10. The van der Waals surface area contributed by atoms with Gasteiger partial charge in [-0.3, -0.25) is 0 Å². The van der Waals surface area contributed by atoms with Gasteiger partial charge < -0.3 is 47.4 Å². The predicted octanol–water partition coefficient (Wildman–Crippen LogP) is 12.2. The molecule has 0 atom stereocenters. The minimum atomic E-state index is -0.476. The Labute approximate surface area is 400 Å². The van der Waals surface area contributed by atoms with Crippen molar-refractivity contribution in [2.24, 2.45) is 0 Å². The van der Waals surface area contributed by atoms with Crippen LogP contribution in [0.5, 0.6) is 11.5 Å². The molecular weight excluding hydrogens is 893 g/mol. The molecule has 0 spiro atoms. The average Bonchev–Trinajstić information content (AvgIpc) is 3.96. The molecule has 11 rings (SSSR count). The van der Waals surface area contributed by atoms with E-state index in [1.807, 2.05) is 79.7 Å². The van der Waals surface area contributed by atoms with Gasteiger partial charge >= 0.3 is 21.1 Å². The van der Waals surface area contributed by atoms with Crippen LogP contribution in [0.2, 0.25) is 0 Å². The van der Waals surface area contributed by atoms with E-state index in [-0.39, 0.29) is 39.2 Å². The largest absolute Gasteiger partial charge is 0.494 e. The normalized spacial score (nSPS) is 22.5. The lowest BCUT2D eigenvalue weighted by atomic mass is 9.49. The van der Waals surface area contributed by atoms with Gasteiger partial charge in [-0.05, 0) is 159 Å². The topological polar surface area (TPSA) is 105 Å². The number of aromatic nitrogens is 2. The number of hydrogen-bond acceptors (Lipinski definition) is 8. The standard InChI is InChI=1S/C23H26BNO3.C17H14BrNO.C12H24B2O4/c1-21(2)19-15-9-7-8-10-17(15)25-20(19)16-13-14(11-12-18(16)26-21)24-27-22(3,4)23(5,6)28-24;1-17(2)15-11-5-3-4-6-13(11)19-16(15)12-9-10(18)7-8-14(12)20-17;1-9(2)10(3,4)16-13(15-9)14-17-11(5,6)12(7,8)18-14/h7-13,25H,1-6H3;3-9,19H,1-2H3;1-8H3. The van der Waals surface area contributed by atoms with Gasteiger partial charge in [-0.25, -0.2) is 0 Å². The molecule has 5 aliphatic rings. The van der Waals surface area contributed by atoms with Crippen LogP contribution < -0.4 is 14.9 Å². The first-order chi connectivity index (χ1) is 30.5. The van der Waals surface area contributed by atoms with Crippen molar-refractivity contribution >= 4 is 64.3 Å². The van der Waals surface area contributed by atoms with Crippen molar-refractivity contribution in [3.8, 4) is 34.0 Å². The van der Waals surface area contributed by atoms with Gasteiger partial charge in [0.25, 0.3) is 0 Å². The molecule has 0 bridgehead atoms. The van der Waals surface area contributed by atoms with E-state index in [4.69, 9.17) is 37.4 Å². The first-order valence-electron chi connectivity index (χ1n) is 23.1. The van der Waals surface area contributed by atoms with Crippen molar-refractivity contribution in [2.75, 3.05) is 0 Å². The summed E-state index contributed by atoms with van der Waals surface area (Å²) in [7, 11) is -1.34. The van der Waals surface area contributed by atoms with Gasteiger partial charge in [0.05, 0.1) is 45.0 Å². The third-order valence-corrected chi connectivity index (χ3v) is 15.6. The Kier molecular flexibility index (Phi) is 11.1. The molecule has 0 radical (unpaired) electrons. The Hall–Kier alpha value is -4.01. The second-order valence-electron chi connectivity index (χ2n) is 22.3. The molecule has 3 saturated heterocycles. The predicted molar refractivity (Wildman–Crippen MR) is 270 cm³/mol.